The first-order valence-corrected chi connectivity index (χ1v) is 13.1. The van der Waals surface area contributed by atoms with Gasteiger partial charge in [0.25, 0.3) is 0 Å². The van der Waals surface area contributed by atoms with Crippen molar-refractivity contribution in [1.29, 1.82) is 0 Å². The van der Waals surface area contributed by atoms with Crippen molar-refractivity contribution in [3.8, 4) is 5.75 Å². The third-order valence-corrected chi connectivity index (χ3v) is 6.87. The van der Waals surface area contributed by atoms with Crippen molar-refractivity contribution in [2.75, 3.05) is 17.7 Å². The van der Waals surface area contributed by atoms with Crippen LogP contribution in [0.5, 0.6) is 5.75 Å². The SMILES string of the molecule is C=CCOC(=O)C1=C(C)Nc2nc(SCCCC)nn2C1c1cccc(OCc2ccccc2C)c1. The van der Waals surface area contributed by atoms with Gasteiger partial charge in [0, 0.05) is 11.4 Å². The van der Waals surface area contributed by atoms with Crippen molar-refractivity contribution in [3.05, 3.63) is 89.1 Å². The van der Waals surface area contributed by atoms with Crippen LogP contribution in [-0.4, -0.2) is 33.1 Å². The zero-order valence-corrected chi connectivity index (χ0v) is 21.8. The molecule has 1 atom stereocenters. The molecule has 1 N–H and O–H groups in total. The number of nitrogens with one attached hydrogen (secondary N) is 1. The molecule has 1 unspecified atom stereocenters. The lowest BCUT2D eigenvalue weighted by Gasteiger charge is -2.28. The Kier molecular flexibility index (Phi) is 8.48. The maximum absolute atomic E-state index is 13.1. The average Bonchev–Trinajstić information content (AvgIpc) is 3.28. The average molecular weight is 505 g/mol. The minimum atomic E-state index is -0.506. The summed E-state index contributed by atoms with van der Waals surface area (Å²) >= 11 is 1.62. The van der Waals surface area contributed by atoms with E-state index in [0.29, 0.717) is 34.7 Å². The van der Waals surface area contributed by atoms with Crippen LogP contribution in [0.2, 0.25) is 0 Å². The van der Waals surface area contributed by atoms with Gasteiger partial charge < -0.3 is 14.8 Å². The first-order valence-electron chi connectivity index (χ1n) is 12.1. The summed E-state index contributed by atoms with van der Waals surface area (Å²) in [5.41, 5.74) is 4.33. The molecule has 8 heteroatoms. The maximum Gasteiger partial charge on any atom is 0.338 e. The monoisotopic (exact) mass is 504 g/mol. The number of carbonyl (C=O) groups excluding carboxylic acids is 1. The summed E-state index contributed by atoms with van der Waals surface area (Å²) in [6, 6.07) is 15.4. The van der Waals surface area contributed by atoms with Crippen LogP contribution in [0.3, 0.4) is 0 Å². The molecule has 3 aromatic rings. The lowest BCUT2D eigenvalue weighted by Crippen LogP contribution is -2.29. The van der Waals surface area contributed by atoms with E-state index < -0.39 is 12.0 Å². The van der Waals surface area contributed by atoms with Crippen LogP contribution in [0.25, 0.3) is 0 Å². The number of nitrogens with zero attached hydrogens (tertiary/aromatic N) is 3. The summed E-state index contributed by atoms with van der Waals surface area (Å²) in [5, 5.41) is 8.69. The van der Waals surface area contributed by atoms with E-state index in [-0.39, 0.29) is 6.61 Å². The van der Waals surface area contributed by atoms with E-state index in [9.17, 15) is 4.79 Å². The Morgan fingerprint density at radius 2 is 2.06 bits per heavy atom. The number of allylic oxidation sites excluding steroid dienone is 1. The van der Waals surface area contributed by atoms with Crippen LogP contribution in [0.15, 0.2) is 77.6 Å². The highest BCUT2D eigenvalue weighted by molar-refractivity contribution is 7.99. The Balaban J connectivity index is 1.68. The van der Waals surface area contributed by atoms with Crippen molar-refractivity contribution < 1.29 is 14.3 Å². The molecular weight excluding hydrogens is 472 g/mol. The minimum absolute atomic E-state index is 0.129. The highest BCUT2D eigenvalue weighted by Gasteiger charge is 2.35. The third kappa shape index (κ3) is 5.82. The molecule has 2 aromatic carbocycles. The molecule has 2 heterocycles. The van der Waals surface area contributed by atoms with Gasteiger partial charge in [-0.25, -0.2) is 9.48 Å². The molecule has 0 bridgehead atoms. The maximum atomic E-state index is 13.1. The van der Waals surface area contributed by atoms with Gasteiger partial charge in [-0.1, -0.05) is 74.2 Å². The molecule has 0 saturated heterocycles. The number of ether oxygens (including phenoxy) is 2. The third-order valence-electron chi connectivity index (χ3n) is 5.94. The fourth-order valence-corrected chi connectivity index (χ4v) is 4.91. The zero-order valence-electron chi connectivity index (χ0n) is 21.0. The molecular formula is C28H32N4O3S. The normalized spacial score (nSPS) is 14.7. The Labute approximate surface area is 216 Å². The predicted molar refractivity (Wildman–Crippen MR) is 143 cm³/mol. The van der Waals surface area contributed by atoms with E-state index in [1.54, 1.807) is 22.5 Å². The summed E-state index contributed by atoms with van der Waals surface area (Å²) in [6.07, 6.45) is 3.75. The lowest BCUT2D eigenvalue weighted by molar-refractivity contribution is -0.138. The fourth-order valence-electron chi connectivity index (χ4n) is 3.99. The number of aryl methyl sites for hydroxylation is 1. The highest BCUT2D eigenvalue weighted by Crippen LogP contribution is 2.37. The number of rotatable bonds is 11. The van der Waals surface area contributed by atoms with Crippen LogP contribution in [0.1, 0.15) is 49.4 Å². The number of carbonyl (C=O) groups is 1. The van der Waals surface area contributed by atoms with Gasteiger partial charge in [0.15, 0.2) is 0 Å². The van der Waals surface area contributed by atoms with Gasteiger partial charge in [-0.3, -0.25) is 0 Å². The van der Waals surface area contributed by atoms with Gasteiger partial charge >= 0.3 is 5.97 Å². The number of esters is 1. The number of hydrogen-bond donors (Lipinski definition) is 1. The Hall–Kier alpha value is -3.52. The molecule has 36 heavy (non-hydrogen) atoms. The van der Waals surface area contributed by atoms with Crippen LogP contribution < -0.4 is 10.1 Å². The Bertz CT molecular complexity index is 1270. The number of anilines is 1. The molecule has 0 spiro atoms. The van der Waals surface area contributed by atoms with E-state index in [1.807, 2.05) is 43.3 Å². The van der Waals surface area contributed by atoms with Gasteiger partial charge in [0.2, 0.25) is 11.1 Å². The van der Waals surface area contributed by atoms with Crippen molar-refractivity contribution in [2.24, 2.45) is 0 Å². The topological polar surface area (TPSA) is 78.3 Å². The van der Waals surface area contributed by atoms with E-state index >= 15 is 0 Å². The fraction of sp³-hybridized carbons (Fsp3) is 0.321. The second kappa shape index (κ2) is 11.9. The van der Waals surface area contributed by atoms with Crippen LogP contribution in [0, 0.1) is 6.92 Å². The number of benzene rings is 2. The molecule has 0 saturated carbocycles. The van der Waals surface area contributed by atoms with Crippen molar-refractivity contribution in [1.82, 2.24) is 14.8 Å². The molecule has 1 aromatic heterocycles. The first kappa shape index (κ1) is 25.6. The second-order valence-corrected chi connectivity index (χ2v) is 9.67. The van der Waals surface area contributed by atoms with Crippen LogP contribution in [0.4, 0.5) is 5.95 Å². The predicted octanol–water partition coefficient (Wildman–Crippen LogP) is 6.08. The number of unbranched alkanes of at least 4 members (excludes halogenated alkanes) is 1. The lowest BCUT2D eigenvalue weighted by atomic mass is 9.95. The number of fused-ring (bicyclic) bond motifs is 1. The summed E-state index contributed by atoms with van der Waals surface area (Å²) in [6.45, 7) is 10.3. The smallest absolute Gasteiger partial charge is 0.338 e. The van der Waals surface area contributed by atoms with Gasteiger partial charge in [-0.2, -0.15) is 4.98 Å². The Morgan fingerprint density at radius 1 is 1.22 bits per heavy atom. The van der Waals surface area contributed by atoms with Gasteiger partial charge in [0.1, 0.15) is 25.0 Å². The number of thioether (sulfide) groups is 1. The molecule has 188 valence electrons. The van der Waals surface area contributed by atoms with E-state index in [0.717, 1.165) is 29.7 Å². The van der Waals surface area contributed by atoms with Crippen molar-refractivity contribution in [2.45, 2.75) is 51.4 Å². The zero-order chi connectivity index (χ0) is 25.5. The quantitative estimate of drug-likeness (QED) is 0.147. The summed E-state index contributed by atoms with van der Waals surface area (Å²) in [7, 11) is 0. The number of aromatic nitrogens is 3. The number of hydrogen-bond acceptors (Lipinski definition) is 7. The van der Waals surface area contributed by atoms with Gasteiger partial charge in [0.05, 0.1) is 5.57 Å². The summed E-state index contributed by atoms with van der Waals surface area (Å²) < 4.78 is 13.4. The molecule has 0 aliphatic carbocycles. The highest BCUT2D eigenvalue weighted by atomic mass is 32.2. The summed E-state index contributed by atoms with van der Waals surface area (Å²) in [5.74, 6) is 1.83. The van der Waals surface area contributed by atoms with Crippen LogP contribution in [-0.2, 0) is 16.1 Å². The molecule has 0 fully saturated rings. The van der Waals surface area contributed by atoms with E-state index in [4.69, 9.17) is 14.6 Å². The molecule has 0 amide bonds. The van der Waals surface area contributed by atoms with Gasteiger partial charge in [-0.15, -0.1) is 5.10 Å². The van der Waals surface area contributed by atoms with E-state index in [1.165, 1.54) is 5.56 Å². The molecule has 4 rings (SSSR count). The van der Waals surface area contributed by atoms with E-state index in [2.05, 4.69) is 42.9 Å². The van der Waals surface area contributed by atoms with Crippen molar-refractivity contribution >= 4 is 23.7 Å². The van der Waals surface area contributed by atoms with Crippen molar-refractivity contribution in [3.63, 3.8) is 0 Å². The standard InChI is InChI=1S/C28H32N4O3S/c1-5-7-16-36-28-30-27-29-20(4)24(26(33)34-15-6-2)25(32(27)31-28)21-13-10-14-23(17-21)35-18-22-12-9-8-11-19(22)3/h6,8-14,17,25H,2,5,7,15-16,18H2,1,3-4H3,(H,29,30,31). The summed E-state index contributed by atoms with van der Waals surface area (Å²) in [4.78, 5) is 17.8. The largest absolute Gasteiger partial charge is 0.489 e. The molecule has 7 nitrogen and oxygen atoms in total. The minimum Gasteiger partial charge on any atom is -0.489 e. The molecule has 0 radical (unpaired) electrons. The van der Waals surface area contributed by atoms with Crippen LogP contribution >= 0.6 is 11.8 Å². The second-order valence-electron chi connectivity index (χ2n) is 8.61. The molecule has 1 aliphatic rings. The van der Waals surface area contributed by atoms with Gasteiger partial charge in [-0.05, 0) is 49.1 Å². The Morgan fingerprint density at radius 3 is 2.83 bits per heavy atom. The first-order chi connectivity index (χ1) is 17.5. The molecule has 1 aliphatic heterocycles.